The van der Waals surface area contributed by atoms with E-state index in [0.717, 1.165) is 10.4 Å². The van der Waals surface area contributed by atoms with Gasteiger partial charge in [0, 0.05) is 17.5 Å². The number of carboxylic acid groups (broad SMARTS) is 1. The zero-order valence-corrected chi connectivity index (χ0v) is 11.9. The van der Waals surface area contributed by atoms with E-state index in [0.29, 0.717) is 0 Å². The minimum absolute atomic E-state index is 0.0968. The Morgan fingerprint density at radius 1 is 1.33 bits per heavy atom. The number of thiazole rings is 1. The highest BCUT2D eigenvalue weighted by Crippen LogP contribution is 2.09. The van der Waals surface area contributed by atoms with E-state index in [9.17, 15) is 9.59 Å². The molecule has 0 aliphatic heterocycles. The fourth-order valence-electron chi connectivity index (χ4n) is 1.65. The lowest BCUT2D eigenvalue weighted by molar-refractivity contribution is -0.139. The van der Waals surface area contributed by atoms with E-state index in [2.05, 4.69) is 10.3 Å². The quantitative estimate of drug-likeness (QED) is 0.853. The van der Waals surface area contributed by atoms with Crippen molar-refractivity contribution in [3.05, 3.63) is 52.5 Å². The van der Waals surface area contributed by atoms with Gasteiger partial charge in [0.15, 0.2) is 0 Å². The van der Waals surface area contributed by atoms with Crippen molar-refractivity contribution in [2.75, 3.05) is 0 Å². The highest BCUT2D eigenvalue weighted by Gasteiger charge is 2.21. The Bertz CT molecular complexity index is 586. The molecule has 1 aromatic heterocycles. The van der Waals surface area contributed by atoms with E-state index in [-0.39, 0.29) is 13.0 Å². The average molecular weight is 306 g/mol. The molecule has 0 spiro atoms. The summed E-state index contributed by atoms with van der Waals surface area (Å²) in [6.07, 6.45) is 1.01. The molecule has 1 aromatic carbocycles. The van der Waals surface area contributed by atoms with Gasteiger partial charge in [-0.25, -0.2) is 9.59 Å². The zero-order valence-electron chi connectivity index (χ0n) is 11.1. The van der Waals surface area contributed by atoms with Gasteiger partial charge in [0.1, 0.15) is 12.6 Å². The molecule has 7 heteroatoms. The number of nitrogens with zero attached hydrogens (tertiary/aromatic N) is 1. The van der Waals surface area contributed by atoms with E-state index in [1.54, 1.807) is 11.7 Å². The van der Waals surface area contributed by atoms with Crippen molar-refractivity contribution in [2.24, 2.45) is 0 Å². The SMILES string of the molecule is O=C(NC(Cc1cncs1)C(=O)O)OCc1ccccc1. The van der Waals surface area contributed by atoms with Crippen LogP contribution >= 0.6 is 11.3 Å². The van der Waals surface area contributed by atoms with Crippen LogP contribution in [-0.2, 0) is 22.6 Å². The maximum atomic E-state index is 11.7. The second-order valence-corrected chi connectivity index (χ2v) is 5.24. The standard InChI is InChI=1S/C14H14N2O4S/c17-13(18)12(6-11-7-15-9-21-11)16-14(19)20-8-10-4-2-1-3-5-10/h1-5,7,9,12H,6,8H2,(H,16,19)(H,17,18). The van der Waals surface area contributed by atoms with Crippen LogP contribution in [0.3, 0.4) is 0 Å². The van der Waals surface area contributed by atoms with Crippen molar-refractivity contribution in [2.45, 2.75) is 19.1 Å². The summed E-state index contributed by atoms with van der Waals surface area (Å²) in [4.78, 5) is 27.5. The van der Waals surface area contributed by atoms with Crippen molar-refractivity contribution in [3.8, 4) is 0 Å². The van der Waals surface area contributed by atoms with E-state index in [1.165, 1.54) is 11.3 Å². The predicted octanol–water partition coefficient (Wildman–Crippen LogP) is 2.07. The van der Waals surface area contributed by atoms with Crippen LogP contribution in [0.5, 0.6) is 0 Å². The number of amides is 1. The first-order valence-corrected chi connectivity index (χ1v) is 7.10. The van der Waals surface area contributed by atoms with Crippen LogP contribution in [0.15, 0.2) is 42.0 Å². The van der Waals surface area contributed by atoms with Crippen LogP contribution in [0, 0.1) is 0 Å². The number of carbonyl (C=O) groups is 2. The van der Waals surface area contributed by atoms with Crippen LogP contribution in [0.1, 0.15) is 10.4 Å². The summed E-state index contributed by atoms with van der Waals surface area (Å²) >= 11 is 1.34. The molecule has 2 aromatic rings. The first-order valence-electron chi connectivity index (χ1n) is 6.22. The molecule has 6 nitrogen and oxygen atoms in total. The van der Waals surface area contributed by atoms with Crippen LogP contribution < -0.4 is 5.32 Å². The topological polar surface area (TPSA) is 88.5 Å². The van der Waals surface area contributed by atoms with Crippen molar-refractivity contribution >= 4 is 23.4 Å². The number of hydrogen-bond donors (Lipinski definition) is 2. The zero-order chi connectivity index (χ0) is 15.1. The van der Waals surface area contributed by atoms with Crippen LogP contribution in [0.4, 0.5) is 4.79 Å². The summed E-state index contributed by atoms with van der Waals surface area (Å²) in [5.74, 6) is -1.11. The largest absolute Gasteiger partial charge is 0.480 e. The smallest absolute Gasteiger partial charge is 0.408 e. The summed E-state index contributed by atoms with van der Waals surface area (Å²) in [5, 5.41) is 11.5. The van der Waals surface area contributed by atoms with Gasteiger partial charge in [0.05, 0.1) is 5.51 Å². The molecule has 0 saturated carbocycles. The Labute approximate surface area is 125 Å². The summed E-state index contributed by atoms with van der Waals surface area (Å²) in [7, 11) is 0. The number of rotatable bonds is 6. The first-order chi connectivity index (χ1) is 10.1. The molecule has 0 aliphatic carbocycles. The number of aliphatic carboxylic acids is 1. The van der Waals surface area contributed by atoms with Gasteiger partial charge in [-0.15, -0.1) is 11.3 Å². The van der Waals surface area contributed by atoms with Gasteiger partial charge >= 0.3 is 12.1 Å². The van der Waals surface area contributed by atoms with Crippen molar-refractivity contribution in [1.29, 1.82) is 0 Å². The lowest BCUT2D eigenvalue weighted by Gasteiger charge is -2.13. The van der Waals surface area contributed by atoms with Gasteiger partial charge in [-0.1, -0.05) is 30.3 Å². The fourth-order valence-corrected chi connectivity index (χ4v) is 2.29. The Morgan fingerprint density at radius 2 is 2.10 bits per heavy atom. The molecule has 1 atom stereocenters. The van der Waals surface area contributed by atoms with Crippen molar-refractivity contribution in [1.82, 2.24) is 10.3 Å². The molecule has 0 saturated heterocycles. The van der Waals surface area contributed by atoms with E-state index < -0.39 is 18.1 Å². The molecular weight excluding hydrogens is 292 g/mol. The van der Waals surface area contributed by atoms with Crippen LogP contribution in [0.25, 0.3) is 0 Å². The van der Waals surface area contributed by atoms with E-state index >= 15 is 0 Å². The number of ether oxygens (including phenoxy) is 1. The molecule has 0 radical (unpaired) electrons. The molecule has 2 rings (SSSR count). The second kappa shape index (κ2) is 7.39. The molecule has 21 heavy (non-hydrogen) atoms. The molecule has 0 aliphatic rings. The van der Waals surface area contributed by atoms with Gasteiger partial charge in [-0.05, 0) is 5.56 Å². The summed E-state index contributed by atoms with van der Waals surface area (Å²) in [6, 6.07) is 8.13. The molecule has 1 heterocycles. The Morgan fingerprint density at radius 3 is 2.71 bits per heavy atom. The summed E-state index contributed by atoms with van der Waals surface area (Å²) in [5.41, 5.74) is 2.45. The average Bonchev–Trinajstić information content (AvgIpc) is 2.98. The minimum atomic E-state index is -1.11. The number of benzene rings is 1. The number of nitrogens with one attached hydrogen (secondary N) is 1. The number of alkyl carbamates (subject to hydrolysis) is 1. The maximum Gasteiger partial charge on any atom is 0.408 e. The van der Waals surface area contributed by atoms with Gasteiger partial charge < -0.3 is 15.2 Å². The lowest BCUT2D eigenvalue weighted by Crippen LogP contribution is -2.42. The van der Waals surface area contributed by atoms with E-state index in [1.807, 2.05) is 30.3 Å². The summed E-state index contributed by atoms with van der Waals surface area (Å²) < 4.78 is 5.00. The van der Waals surface area contributed by atoms with Crippen molar-refractivity contribution < 1.29 is 19.4 Å². The number of carboxylic acids is 1. The van der Waals surface area contributed by atoms with Crippen molar-refractivity contribution in [3.63, 3.8) is 0 Å². The Balaban J connectivity index is 1.85. The van der Waals surface area contributed by atoms with E-state index in [4.69, 9.17) is 9.84 Å². The Kier molecular flexibility index (Phi) is 5.28. The third-order valence-corrected chi connectivity index (χ3v) is 3.49. The van der Waals surface area contributed by atoms with Gasteiger partial charge in [-0.3, -0.25) is 4.98 Å². The minimum Gasteiger partial charge on any atom is -0.480 e. The lowest BCUT2D eigenvalue weighted by atomic mass is 10.2. The Hall–Kier alpha value is -2.41. The fraction of sp³-hybridized carbons (Fsp3) is 0.214. The van der Waals surface area contributed by atoms with Gasteiger partial charge in [0.2, 0.25) is 0 Å². The van der Waals surface area contributed by atoms with Crippen LogP contribution in [-0.4, -0.2) is 28.2 Å². The number of aromatic nitrogens is 1. The number of carbonyl (C=O) groups excluding carboxylic acids is 1. The second-order valence-electron chi connectivity index (χ2n) is 4.27. The highest BCUT2D eigenvalue weighted by atomic mass is 32.1. The maximum absolute atomic E-state index is 11.7. The highest BCUT2D eigenvalue weighted by molar-refractivity contribution is 7.09. The van der Waals surface area contributed by atoms with Gasteiger partial charge in [0.25, 0.3) is 0 Å². The normalized spacial score (nSPS) is 11.6. The molecule has 110 valence electrons. The predicted molar refractivity (Wildman–Crippen MR) is 77.0 cm³/mol. The summed E-state index contributed by atoms with van der Waals surface area (Å²) in [6.45, 7) is 0.0968. The van der Waals surface area contributed by atoms with Crippen LogP contribution in [0.2, 0.25) is 0 Å². The third kappa shape index (κ3) is 4.88. The molecule has 2 N–H and O–H groups in total. The molecule has 1 amide bonds. The molecule has 0 bridgehead atoms. The molecule has 1 unspecified atom stereocenters. The molecular formula is C14H14N2O4S. The first kappa shape index (κ1) is 15.0. The molecule has 0 fully saturated rings. The third-order valence-electron chi connectivity index (χ3n) is 2.69. The monoisotopic (exact) mass is 306 g/mol. The number of hydrogen-bond acceptors (Lipinski definition) is 5. The van der Waals surface area contributed by atoms with Gasteiger partial charge in [-0.2, -0.15) is 0 Å².